The van der Waals surface area contributed by atoms with Crippen molar-refractivity contribution in [1.82, 2.24) is 0 Å². The summed E-state index contributed by atoms with van der Waals surface area (Å²) >= 11 is -0.245. The predicted octanol–water partition coefficient (Wildman–Crippen LogP) is -1.20. The van der Waals surface area contributed by atoms with Crippen LogP contribution in [-0.2, 0) is 26.8 Å². The number of hydrogen-bond donors (Lipinski definition) is 0. The van der Waals surface area contributed by atoms with E-state index in [0.717, 1.165) is 0 Å². The van der Waals surface area contributed by atoms with Crippen molar-refractivity contribution in [3.63, 3.8) is 0 Å². The van der Waals surface area contributed by atoms with E-state index in [1.54, 1.807) is 0 Å². The lowest BCUT2D eigenvalue weighted by Gasteiger charge is -1.92. The van der Waals surface area contributed by atoms with Crippen LogP contribution in [0.4, 0.5) is 0 Å². The van der Waals surface area contributed by atoms with E-state index in [4.69, 9.17) is 7.58 Å². The first-order valence-corrected chi connectivity index (χ1v) is 7.83. The van der Waals surface area contributed by atoms with Crippen LogP contribution >= 0.6 is 0 Å². The second-order valence-corrected chi connectivity index (χ2v) is 5.70. The summed E-state index contributed by atoms with van der Waals surface area (Å²) in [5.74, 6) is -3.37. The lowest BCUT2D eigenvalue weighted by molar-refractivity contribution is -0.306. The molecule has 0 unspecified atom stereocenters. The molecule has 0 aromatic rings. The second-order valence-electron chi connectivity index (χ2n) is 4.97. The molecule has 5 radical (unpaired) electrons. The van der Waals surface area contributed by atoms with Crippen LogP contribution in [0.2, 0.25) is 0 Å². The molecule has 9 heteroatoms. The van der Waals surface area contributed by atoms with Gasteiger partial charge in [-0.15, -0.1) is 7.58 Å². The number of rotatable bonds is 8. The zero-order valence-corrected chi connectivity index (χ0v) is 15.6. The van der Waals surface area contributed by atoms with E-state index in [2.05, 4.69) is 0 Å². The van der Waals surface area contributed by atoms with Gasteiger partial charge < -0.3 is 19.8 Å². The molecule has 0 heterocycles. The average molecular weight is 347 g/mol. The highest BCUT2D eigenvalue weighted by Crippen LogP contribution is 1.89. The van der Waals surface area contributed by atoms with E-state index in [1.807, 2.05) is 27.7 Å². The Bertz CT molecular complexity index is 308. The smallest absolute Gasteiger partial charge is 0.550 e. The minimum Gasteiger partial charge on any atom is -0.550 e. The van der Waals surface area contributed by atoms with Crippen molar-refractivity contribution in [3.05, 3.63) is 0 Å². The Morgan fingerprint density at radius 3 is 1.13 bits per heavy atom. The van der Waals surface area contributed by atoms with E-state index >= 15 is 0 Å². The molecule has 8 nitrogen and oxygen atoms in total. The molecule has 0 aliphatic carbocycles. The average Bonchev–Trinajstić information content (AvgIpc) is 2.24. The number of carboxylic acid groups (broad SMARTS) is 2. The third kappa shape index (κ3) is 44.9. The zero-order chi connectivity index (χ0) is 19.0. The second kappa shape index (κ2) is 17.1. The number of carboxylic acids is 2. The van der Waals surface area contributed by atoms with Gasteiger partial charge in [-0.1, -0.05) is 0 Å². The molecular weight excluding hydrogens is 323 g/mol. The van der Waals surface area contributed by atoms with Crippen LogP contribution in [0, 0.1) is 0 Å². The lowest BCUT2D eigenvalue weighted by atomic mass is 10.3. The fourth-order valence-corrected chi connectivity index (χ4v) is 1.17. The van der Waals surface area contributed by atoms with Crippen molar-refractivity contribution < 1.29 is 37.0 Å². The third-order valence-corrected chi connectivity index (χ3v) is 2.75. The molecule has 0 aromatic carbocycles. The summed E-state index contributed by atoms with van der Waals surface area (Å²) in [6.45, 7) is 10.5. The van der Waals surface area contributed by atoms with Crippen molar-refractivity contribution in [2.45, 2.75) is 66.6 Å². The Morgan fingerprint density at radius 1 is 0.783 bits per heavy atom. The van der Waals surface area contributed by atoms with Gasteiger partial charge in [0.1, 0.15) is 23.8 Å². The Labute approximate surface area is 143 Å². The summed E-state index contributed by atoms with van der Waals surface area (Å²) in [5.41, 5.74) is 0. The van der Waals surface area contributed by atoms with Crippen LogP contribution in [0.25, 0.3) is 0 Å². The number of aliphatic carboxylic acids is 2. The molecule has 0 aromatic heterocycles. The summed E-state index contributed by atoms with van der Waals surface area (Å²) in [4.78, 5) is 38.6. The van der Waals surface area contributed by atoms with Gasteiger partial charge in [0, 0.05) is 24.8 Å². The van der Waals surface area contributed by atoms with Gasteiger partial charge >= 0.3 is 15.9 Å². The van der Waals surface area contributed by atoms with Gasteiger partial charge in [0.05, 0.1) is 0 Å². The molecule has 0 amide bonds. The molecular formula is C14H24AlO8. The highest BCUT2D eigenvalue weighted by molar-refractivity contribution is 6.18. The van der Waals surface area contributed by atoms with Crippen molar-refractivity contribution in [2.24, 2.45) is 0 Å². The van der Waals surface area contributed by atoms with Gasteiger partial charge in [0.15, 0.2) is 0 Å². The van der Waals surface area contributed by atoms with E-state index in [9.17, 15) is 29.4 Å². The monoisotopic (exact) mass is 347 g/mol. The molecule has 0 saturated heterocycles. The highest BCUT2D eigenvalue weighted by Gasteiger charge is 2.62. The number of ketones is 2. The predicted molar refractivity (Wildman–Crippen MR) is 78.8 cm³/mol. The van der Waals surface area contributed by atoms with E-state index in [-0.39, 0.29) is 27.5 Å². The molecule has 0 saturated carbocycles. The normalized spacial score (nSPS) is 9.39. The van der Waals surface area contributed by atoms with Crippen LogP contribution in [0.5, 0.6) is 0 Å². The van der Waals surface area contributed by atoms with Gasteiger partial charge in [0.2, 0.25) is 0 Å². The maximum atomic E-state index is 9.83. The summed E-state index contributed by atoms with van der Waals surface area (Å²) in [5, 5.41) is 19.0. The molecule has 0 spiro atoms. The van der Waals surface area contributed by atoms with Gasteiger partial charge in [-0.05, 0) is 41.5 Å². The fraction of sp³-hybridized carbons (Fsp3) is 0.714. The minimum atomic E-state index is -1.31. The Morgan fingerprint density at radius 2 is 1.04 bits per heavy atom. The lowest BCUT2D eigenvalue weighted by Crippen LogP contribution is -2.24. The summed E-state index contributed by atoms with van der Waals surface area (Å²) < 4.78 is 10.4. The molecule has 0 aliphatic heterocycles. The van der Waals surface area contributed by atoms with Crippen LogP contribution in [0.1, 0.15) is 54.4 Å². The van der Waals surface area contributed by atoms with Crippen molar-refractivity contribution >= 4 is 39.4 Å². The molecule has 0 rings (SSSR count). The van der Waals surface area contributed by atoms with Gasteiger partial charge in [-0.25, -0.2) is 0 Å². The molecule has 23 heavy (non-hydrogen) atoms. The van der Waals surface area contributed by atoms with Crippen molar-refractivity contribution in [2.75, 3.05) is 0 Å². The molecule has 131 valence electrons. The third-order valence-electron chi connectivity index (χ3n) is 1.44. The van der Waals surface area contributed by atoms with E-state index in [0.29, 0.717) is 12.2 Å². The zero-order valence-electron chi connectivity index (χ0n) is 14.4. The summed E-state index contributed by atoms with van der Waals surface area (Å²) in [7, 11) is 0. The van der Waals surface area contributed by atoms with Crippen LogP contribution in [-0.4, -0.2) is 51.6 Å². The molecule has 0 N–H and O–H groups in total. The maximum Gasteiger partial charge on any atom is 1.70 e. The SMILES string of the molecule is CC(=O)CC(=O)[O-].CC(=O)CC(=O)[O-].CC(C)[O][Al+2][O]C(C)C. The van der Waals surface area contributed by atoms with E-state index in [1.165, 1.54) is 13.8 Å². The number of carbonyl (C=O) groups excluding carboxylic acids is 4. The molecule has 0 fully saturated rings. The Balaban J connectivity index is -0.000000264. The van der Waals surface area contributed by atoms with Crippen molar-refractivity contribution in [3.8, 4) is 0 Å². The van der Waals surface area contributed by atoms with Gasteiger partial charge in [-0.3, -0.25) is 9.59 Å². The summed E-state index contributed by atoms with van der Waals surface area (Å²) in [6, 6.07) is 0. The van der Waals surface area contributed by atoms with E-state index < -0.39 is 24.8 Å². The maximum absolute atomic E-state index is 9.83. The van der Waals surface area contributed by atoms with Crippen LogP contribution < -0.4 is 10.2 Å². The first kappa shape index (κ1) is 26.6. The summed E-state index contributed by atoms with van der Waals surface area (Å²) in [6.07, 6.45) is -0.336. The quantitative estimate of drug-likeness (QED) is 0.395. The molecule has 0 bridgehead atoms. The van der Waals surface area contributed by atoms with Gasteiger partial charge in [-0.2, -0.15) is 0 Å². The Kier molecular flexibility index (Phi) is 19.8. The number of carbonyl (C=O) groups is 4. The first-order valence-electron chi connectivity index (χ1n) is 6.89. The minimum absolute atomic E-state index is 0.245. The van der Waals surface area contributed by atoms with Crippen LogP contribution in [0.3, 0.4) is 0 Å². The van der Waals surface area contributed by atoms with Gasteiger partial charge in [0.25, 0.3) is 0 Å². The first-order chi connectivity index (χ1) is 10.4. The highest BCUT2D eigenvalue weighted by atomic mass is 27.2. The topological polar surface area (TPSA) is 133 Å². The Hall–Kier alpha value is -1.27. The number of Topliss-reactive ketones (excluding diaryl/α,β-unsaturated/α-hetero) is 2. The van der Waals surface area contributed by atoms with Crippen LogP contribution in [0.15, 0.2) is 0 Å². The number of hydrogen-bond acceptors (Lipinski definition) is 8. The molecule has 0 atom stereocenters. The standard InChI is InChI=1S/2C4H6O3.2C3H7O.Al/c2*1-3(5)2-4(6)7;2*1-3(2)4;/h2*2H2,1H3,(H,6,7);2*3H,1-2H3;/q;;2*-1;+4/p-2. The largest absolute Gasteiger partial charge is 1.70 e. The van der Waals surface area contributed by atoms with Crippen molar-refractivity contribution in [1.29, 1.82) is 0 Å². The fourth-order valence-electron chi connectivity index (χ4n) is 0.661. The molecule has 0 aliphatic rings.